The normalized spacial score (nSPS) is 10.1. The number of methoxy groups -OCH3 is 1. The zero-order valence-corrected chi connectivity index (χ0v) is 8.90. The molecule has 0 N–H and O–H groups in total. The van der Waals surface area contributed by atoms with Crippen molar-refractivity contribution in [3.05, 3.63) is 35.1 Å². The van der Waals surface area contributed by atoms with Gasteiger partial charge in [0, 0.05) is 10.9 Å². The Morgan fingerprint density at radius 2 is 2.31 bits per heavy atom. The van der Waals surface area contributed by atoms with E-state index in [1.807, 2.05) is 6.07 Å². The van der Waals surface area contributed by atoms with Crippen LogP contribution in [-0.4, -0.2) is 13.1 Å². The van der Waals surface area contributed by atoms with Crippen LogP contribution in [0.1, 0.15) is 21.5 Å². The van der Waals surface area contributed by atoms with Crippen LogP contribution in [0.25, 0.3) is 11.0 Å². The summed E-state index contributed by atoms with van der Waals surface area (Å²) in [5, 5.41) is 9.70. The summed E-state index contributed by atoms with van der Waals surface area (Å²) >= 11 is 0. The van der Waals surface area contributed by atoms with Gasteiger partial charge in [-0.1, -0.05) is 0 Å². The average molecular weight is 215 g/mol. The van der Waals surface area contributed by atoms with Gasteiger partial charge in [0.15, 0.2) is 0 Å². The number of nitriles is 1. The van der Waals surface area contributed by atoms with E-state index in [1.165, 1.54) is 19.4 Å². The van der Waals surface area contributed by atoms with E-state index in [0.29, 0.717) is 27.7 Å². The van der Waals surface area contributed by atoms with Crippen molar-refractivity contribution >= 4 is 16.9 Å². The molecular weight excluding hydrogens is 206 g/mol. The summed E-state index contributed by atoms with van der Waals surface area (Å²) in [5.74, 6) is -0.465. The van der Waals surface area contributed by atoms with Gasteiger partial charge >= 0.3 is 5.97 Å². The first-order valence-electron chi connectivity index (χ1n) is 4.68. The van der Waals surface area contributed by atoms with Crippen molar-refractivity contribution in [3.8, 4) is 6.07 Å². The van der Waals surface area contributed by atoms with Gasteiger partial charge in [0.1, 0.15) is 5.58 Å². The number of esters is 1. The van der Waals surface area contributed by atoms with Crippen LogP contribution < -0.4 is 0 Å². The predicted molar refractivity (Wildman–Crippen MR) is 57.0 cm³/mol. The maximum atomic E-state index is 11.5. The predicted octanol–water partition coefficient (Wildman–Crippen LogP) is 2.40. The molecule has 1 heterocycles. The first kappa shape index (κ1) is 10.2. The summed E-state index contributed by atoms with van der Waals surface area (Å²) in [6, 6.07) is 5.27. The van der Waals surface area contributed by atoms with Gasteiger partial charge in [-0.05, 0) is 19.1 Å². The standard InChI is InChI=1S/C12H9NO3/c1-7-10(12(14)15-2)5-8(6-13)9-3-4-16-11(7)9/h3-5H,1-2H3. The maximum Gasteiger partial charge on any atom is 0.338 e. The van der Waals surface area contributed by atoms with E-state index in [1.54, 1.807) is 13.0 Å². The van der Waals surface area contributed by atoms with E-state index in [0.717, 1.165) is 0 Å². The second kappa shape index (κ2) is 3.70. The van der Waals surface area contributed by atoms with Gasteiger partial charge in [-0.3, -0.25) is 0 Å². The van der Waals surface area contributed by atoms with Crippen molar-refractivity contribution in [2.24, 2.45) is 0 Å². The molecule has 0 bridgehead atoms. The quantitative estimate of drug-likeness (QED) is 0.685. The maximum absolute atomic E-state index is 11.5. The Bertz CT molecular complexity index is 604. The zero-order chi connectivity index (χ0) is 11.7. The third kappa shape index (κ3) is 1.34. The third-order valence-corrected chi connectivity index (χ3v) is 2.51. The molecule has 4 nitrogen and oxygen atoms in total. The SMILES string of the molecule is COC(=O)c1cc(C#N)c2ccoc2c1C. The largest absolute Gasteiger partial charge is 0.465 e. The van der Waals surface area contributed by atoms with E-state index in [9.17, 15) is 4.79 Å². The number of carbonyl (C=O) groups excluding carboxylic acids is 1. The second-order valence-corrected chi connectivity index (χ2v) is 3.36. The number of benzene rings is 1. The average Bonchev–Trinajstić information content (AvgIpc) is 2.78. The zero-order valence-electron chi connectivity index (χ0n) is 8.90. The van der Waals surface area contributed by atoms with Crippen LogP contribution in [0.15, 0.2) is 22.8 Å². The summed E-state index contributed by atoms with van der Waals surface area (Å²) in [4.78, 5) is 11.5. The molecule has 2 aromatic rings. The van der Waals surface area contributed by atoms with E-state index in [4.69, 9.17) is 9.68 Å². The Kier molecular flexibility index (Phi) is 2.37. The first-order valence-corrected chi connectivity index (χ1v) is 4.68. The fraction of sp³-hybridized carbons (Fsp3) is 0.167. The Morgan fingerprint density at radius 3 is 2.94 bits per heavy atom. The van der Waals surface area contributed by atoms with Gasteiger partial charge in [0.25, 0.3) is 0 Å². The molecule has 0 saturated heterocycles. The van der Waals surface area contributed by atoms with Gasteiger partial charge in [-0.2, -0.15) is 5.26 Å². The lowest BCUT2D eigenvalue weighted by Gasteiger charge is -2.05. The molecule has 4 heteroatoms. The lowest BCUT2D eigenvalue weighted by molar-refractivity contribution is 0.0600. The smallest absolute Gasteiger partial charge is 0.338 e. The Morgan fingerprint density at radius 1 is 1.56 bits per heavy atom. The number of aryl methyl sites for hydroxylation is 1. The Labute approximate surface area is 92.0 Å². The van der Waals surface area contributed by atoms with Crippen LogP contribution in [-0.2, 0) is 4.74 Å². The minimum atomic E-state index is -0.465. The molecule has 1 aromatic carbocycles. The number of hydrogen-bond acceptors (Lipinski definition) is 4. The van der Waals surface area contributed by atoms with Crippen molar-refractivity contribution in [2.45, 2.75) is 6.92 Å². The van der Waals surface area contributed by atoms with E-state index >= 15 is 0 Å². The van der Waals surface area contributed by atoms with Crippen molar-refractivity contribution in [1.82, 2.24) is 0 Å². The summed E-state index contributed by atoms with van der Waals surface area (Å²) < 4.78 is 9.92. The molecule has 0 fully saturated rings. The molecule has 0 amide bonds. The lowest BCUT2D eigenvalue weighted by atomic mass is 10.0. The minimum Gasteiger partial charge on any atom is -0.465 e. The molecule has 0 aliphatic heterocycles. The molecule has 0 atom stereocenters. The van der Waals surface area contributed by atoms with Crippen LogP contribution in [0, 0.1) is 18.3 Å². The second-order valence-electron chi connectivity index (χ2n) is 3.36. The number of furan rings is 1. The van der Waals surface area contributed by atoms with Crippen LogP contribution in [0.4, 0.5) is 0 Å². The van der Waals surface area contributed by atoms with Gasteiger partial charge in [-0.15, -0.1) is 0 Å². The van der Waals surface area contributed by atoms with Crippen LogP contribution in [0.2, 0.25) is 0 Å². The van der Waals surface area contributed by atoms with Crippen molar-refractivity contribution in [1.29, 1.82) is 5.26 Å². The summed E-state index contributed by atoms with van der Waals surface area (Å²) in [6.07, 6.45) is 1.50. The van der Waals surface area contributed by atoms with Crippen LogP contribution in [0.5, 0.6) is 0 Å². The highest BCUT2D eigenvalue weighted by Crippen LogP contribution is 2.26. The van der Waals surface area contributed by atoms with E-state index < -0.39 is 5.97 Å². The minimum absolute atomic E-state index is 0.363. The molecule has 0 aliphatic carbocycles. The molecule has 0 unspecified atom stereocenters. The van der Waals surface area contributed by atoms with E-state index in [2.05, 4.69) is 4.74 Å². The Hall–Kier alpha value is -2.28. The number of ether oxygens (including phenoxy) is 1. The highest BCUT2D eigenvalue weighted by Gasteiger charge is 2.16. The first-order chi connectivity index (χ1) is 7.69. The van der Waals surface area contributed by atoms with Gasteiger partial charge in [-0.25, -0.2) is 4.79 Å². The van der Waals surface area contributed by atoms with Crippen LogP contribution >= 0.6 is 0 Å². The van der Waals surface area contributed by atoms with Gasteiger partial charge in [0.2, 0.25) is 0 Å². The number of rotatable bonds is 1. The highest BCUT2D eigenvalue weighted by atomic mass is 16.5. The van der Waals surface area contributed by atoms with Crippen LogP contribution in [0.3, 0.4) is 0 Å². The molecular formula is C12H9NO3. The number of hydrogen-bond donors (Lipinski definition) is 0. The third-order valence-electron chi connectivity index (χ3n) is 2.51. The van der Waals surface area contributed by atoms with E-state index in [-0.39, 0.29) is 0 Å². The molecule has 2 rings (SSSR count). The number of nitrogens with zero attached hydrogens (tertiary/aromatic N) is 1. The van der Waals surface area contributed by atoms with Gasteiger partial charge in [0.05, 0.1) is 30.6 Å². The number of carbonyl (C=O) groups is 1. The molecule has 80 valence electrons. The van der Waals surface area contributed by atoms with Crippen molar-refractivity contribution < 1.29 is 13.9 Å². The molecule has 16 heavy (non-hydrogen) atoms. The van der Waals surface area contributed by atoms with Crippen molar-refractivity contribution in [3.63, 3.8) is 0 Å². The molecule has 0 spiro atoms. The fourth-order valence-electron chi connectivity index (χ4n) is 1.68. The molecule has 0 radical (unpaired) electrons. The lowest BCUT2D eigenvalue weighted by Crippen LogP contribution is -2.04. The fourth-order valence-corrected chi connectivity index (χ4v) is 1.68. The monoisotopic (exact) mass is 215 g/mol. The topological polar surface area (TPSA) is 63.2 Å². The van der Waals surface area contributed by atoms with Crippen molar-refractivity contribution in [2.75, 3.05) is 7.11 Å². The molecule has 0 saturated carbocycles. The number of fused-ring (bicyclic) bond motifs is 1. The molecule has 1 aromatic heterocycles. The highest BCUT2D eigenvalue weighted by molar-refractivity contribution is 5.99. The Balaban J connectivity index is 2.82. The molecule has 0 aliphatic rings. The summed E-state index contributed by atoms with van der Waals surface area (Å²) in [7, 11) is 1.31. The summed E-state index contributed by atoms with van der Waals surface area (Å²) in [5.41, 5.74) is 2.02. The summed E-state index contributed by atoms with van der Waals surface area (Å²) in [6.45, 7) is 1.76. The van der Waals surface area contributed by atoms with Gasteiger partial charge < -0.3 is 9.15 Å².